The van der Waals surface area contributed by atoms with Crippen LogP contribution in [0.2, 0.25) is 0 Å². The number of hydrogen-bond acceptors (Lipinski definition) is 1. The van der Waals surface area contributed by atoms with E-state index in [0.29, 0.717) is 11.2 Å². The highest BCUT2D eigenvalue weighted by Crippen LogP contribution is 2.79. The minimum absolute atomic E-state index is 0.119. The number of carbonyl (C=O) groups excluding carboxylic acids is 1. The van der Waals surface area contributed by atoms with Crippen LogP contribution in [0.3, 0.4) is 0 Å². The van der Waals surface area contributed by atoms with Gasteiger partial charge in [-0.25, -0.2) is 0 Å². The Morgan fingerprint density at radius 3 is 2.25 bits per heavy atom. The summed E-state index contributed by atoms with van der Waals surface area (Å²) in [7, 11) is 0. The lowest BCUT2D eigenvalue weighted by Gasteiger charge is -2.44. The molecule has 0 aromatic rings. The maximum Gasteiger partial charge on any atom is 0.139 e. The van der Waals surface area contributed by atoms with E-state index in [1.807, 2.05) is 0 Å². The Morgan fingerprint density at radius 2 is 1.88 bits per heavy atom. The van der Waals surface area contributed by atoms with Crippen LogP contribution in [0.25, 0.3) is 0 Å². The van der Waals surface area contributed by atoms with Crippen LogP contribution >= 0.6 is 0 Å². The first kappa shape index (κ1) is 10.6. The summed E-state index contributed by atoms with van der Waals surface area (Å²) in [6.45, 7) is 10.9. The van der Waals surface area contributed by atoms with E-state index in [9.17, 15) is 4.79 Å². The van der Waals surface area contributed by atoms with Gasteiger partial charge in [-0.1, -0.05) is 32.9 Å². The summed E-state index contributed by atoms with van der Waals surface area (Å²) in [5, 5.41) is 0. The molecule has 3 atom stereocenters. The molecular formula is C15H22O. The SMILES string of the molecule is C=C1CC[C@]2([C@]3(C)CCC(=O)C3(C)C)C[C@@H]12. The molecule has 1 heteroatoms. The van der Waals surface area contributed by atoms with Gasteiger partial charge in [0, 0.05) is 11.8 Å². The lowest BCUT2D eigenvalue weighted by Crippen LogP contribution is -2.41. The van der Waals surface area contributed by atoms with E-state index >= 15 is 0 Å². The first-order valence-electron chi connectivity index (χ1n) is 6.56. The molecule has 0 amide bonds. The van der Waals surface area contributed by atoms with Crippen LogP contribution in [-0.2, 0) is 4.79 Å². The summed E-state index contributed by atoms with van der Waals surface area (Å²) >= 11 is 0. The molecule has 3 rings (SSSR count). The molecule has 3 fully saturated rings. The molecular weight excluding hydrogens is 196 g/mol. The van der Waals surface area contributed by atoms with Gasteiger partial charge >= 0.3 is 0 Å². The van der Waals surface area contributed by atoms with Crippen LogP contribution in [0, 0.1) is 22.2 Å². The van der Waals surface area contributed by atoms with Gasteiger partial charge < -0.3 is 0 Å². The lowest BCUT2D eigenvalue weighted by atomic mass is 9.59. The molecule has 0 heterocycles. The fourth-order valence-corrected chi connectivity index (χ4v) is 4.73. The molecule has 0 radical (unpaired) electrons. The third-order valence-electron chi connectivity index (χ3n) is 6.49. The van der Waals surface area contributed by atoms with Gasteiger partial charge in [0.1, 0.15) is 5.78 Å². The number of ketones is 1. The lowest BCUT2D eigenvalue weighted by molar-refractivity contribution is -0.129. The minimum Gasteiger partial charge on any atom is -0.299 e. The van der Waals surface area contributed by atoms with Crippen molar-refractivity contribution in [1.29, 1.82) is 0 Å². The zero-order valence-electron chi connectivity index (χ0n) is 10.7. The number of carbonyl (C=O) groups is 1. The number of hydrogen-bond donors (Lipinski definition) is 0. The molecule has 16 heavy (non-hydrogen) atoms. The molecule has 0 saturated heterocycles. The Balaban J connectivity index is 2.02. The summed E-state index contributed by atoms with van der Waals surface area (Å²) in [5.74, 6) is 1.22. The average Bonchev–Trinajstić information content (AvgIpc) is 2.84. The molecule has 88 valence electrons. The van der Waals surface area contributed by atoms with Crippen LogP contribution in [0.15, 0.2) is 12.2 Å². The van der Waals surface area contributed by atoms with Gasteiger partial charge in [0.05, 0.1) is 0 Å². The second kappa shape index (κ2) is 2.63. The number of Topliss-reactive ketones (excluding diaryl/α,β-unsaturated/α-hetero) is 1. The quantitative estimate of drug-likeness (QED) is 0.613. The second-order valence-electron chi connectivity index (χ2n) is 6.95. The van der Waals surface area contributed by atoms with Crippen molar-refractivity contribution in [2.24, 2.45) is 22.2 Å². The van der Waals surface area contributed by atoms with E-state index in [1.165, 1.54) is 24.8 Å². The van der Waals surface area contributed by atoms with Crippen LogP contribution in [0.5, 0.6) is 0 Å². The molecule has 0 aliphatic heterocycles. The molecule has 0 spiro atoms. The standard InChI is InChI=1S/C15H22O/c1-10-5-8-15(9-11(10)15)14(4)7-6-12(16)13(14,2)3/h11H,1,5-9H2,2-4H3/t11-,14+,15-/m0/s1. The van der Waals surface area contributed by atoms with Crippen LogP contribution in [-0.4, -0.2) is 5.78 Å². The summed E-state index contributed by atoms with van der Waals surface area (Å²) < 4.78 is 0. The third kappa shape index (κ3) is 0.881. The van der Waals surface area contributed by atoms with Crippen LogP contribution in [0.4, 0.5) is 0 Å². The molecule has 0 aromatic heterocycles. The van der Waals surface area contributed by atoms with Crippen molar-refractivity contribution in [1.82, 2.24) is 0 Å². The highest BCUT2D eigenvalue weighted by molar-refractivity contribution is 5.87. The normalized spacial score (nSPS) is 49.6. The zero-order valence-corrected chi connectivity index (χ0v) is 10.7. The Hall–Kier alpha value is -0.590. The molecule has 3 aliphatic carbocycles. The maximum absolute atomic E-state index is 12.1. The summed E-state index contributed by atoms with van der Waals surface area (Å²) in [6.07, 6.45) is 5.68. The Bertz CT molecular complexity index is 392. The van der Waals surface area contributed by atoms with E-state index in [1.54, 1.807) is 0 Å². The van der Waals surface area contributed by atoms with Gasteiger partial charge in [0.15, 0.2) is 0 Å². The predicted molar refractivity (Wildman–Crippen MR) is 65.0 cm³/mol. The first-order valence-corrected chi connectivity index (χ1v) is 6.56. The van der Waals surface area contributed by atoms with Crippen molar-refractivity contribution in [2.45, 2.75) is 52.9 Å². The fraction of sp³-hybridized carbons (Fsp3) is 0.800. The summed E-state index contributed by atoms with van der Waals surface area (Å²) in [5.41, 5.74) is 2.00. The van der Waals surface area contributed by atoms with Gasteiger partial charge in [-0.15, -0.1) is 0 Å². The number of fused-ring (bicyclic) bond motifs is 1. The molecule has 1 nitrogen and oxygen atoms in total. The molecule has 3 saturated carbocycles. The first-order chi connectivity index (χ1) is 7.35. The van der Waals surface area contributed by atoms with Crippen LogP contribution < -0.4 is 0 Å². The number of allylic oxidation sites excluding steroid dienone is 1. The van der Waals surface area contributed by atoms with E-state index in [4.69, 9.17) is 0 Å². The molecule has 3 aliphatic rings. The van der Waals surface area contributed by atoms with Gasteiger partial charge in [-0.05, 0) is 42.4 Å². The van der Waals surface area contributed by atoms with Gasteiger partial charge in [-0.3, -0.25) is 4.79 Å². The molecule has 0 unspecified atom stereocenters. The maximum atomic E-state index is 12.1. The van der Waals surface area contributed by atoms with E-state index in [0.717, 1.165) is 18.8 Å². The number of rotatable bonds is 1. The third-order valence-corrected chi connectivity index (χ3v) is 6.49. The van der Waals surface area contributed by atoms with Gasteiger partial charge in [-0.2, -0.15) is 0 Å². The van der Waals surface area contributed by atoms with Gasteiger partial charge in [0.25, 0.3) is 0 Å². The highest BCUT2D eigenvalue weighted by atomic mass is 16.1. The summed E-state index contributed by atoms with van der Waals surface area (Å²) in [4.78, 5) is 12.1. The largest absolute Gasteiger partial charge is 0.299 e. The average molecular weight is 218 g/mol. The monoisotopic (exact) mass is 218 g/mol. The fourth-order valence-electron chi connectivity index (χ4n) is 4.73. The second-order valence-corrected chi connectivity index (χ2v) is 6.95. The van der Waals surface area contributed by atoms with E-state index in [2.05, 4.69) is 27.4 Å². The Kier molecular flexibility index (Phi) is 1.73. The van der Waals surface area contributed by atoms with Crippen molar-refractivity contribution >= 4 is 5.78 Å². The Morgan fingerprint density at radius 1 is 1.19 bits per heavy atom. The zero-order chi connectivity index (χ0) is 11.8. The van der Waals surface area contributed by atoms with E-state index in [-0.39, 0.29) is 10.8 Å². The van der Waals surface area contributed by atoms with Crippen LogP contribution in [0.1, 0.15) is 52.9 Å². The Labute approximate surface area is 98.3 Å². The van der Waals surface area contributed by atoms with Gasteiger partial charge in [0.2, 0.25) is 0 Å². The predicted octanol–water partition coefficient (Wildman–Crippen LogP) is 3.74. The topological polar surface area (TPSA) is 17.1 Å². The van der Waals surface area contributed by atoms with Crippen molar-refractivity contribution < 1.29 is 4.79 Å². The van der Waals surface area contributed by atoms with Crippen molar-refractivity contribution in [3.05, 3.63) is 12.2 Å². The molecule has 0 aromatic carbocycles. The van der Waals surface area contributed by atoms with Crippen molar-refractivity contribution in [2.75, 3.05) is 0 Å². The van der Waals surface area contributed by atoms with Crippen molar-refractivity contribution in [3.63, 3.8) is 0 Å². The smallest absolute Gasteiger partial charge is 0.139 e. The molecule has 0 bridgehead atoms. The highest BCUT2D eigenvalue weighted by Gasteiger charge is 2.73. The van der Waals surface area contributed by atoms with E-state index < -0.39 is 0 Å². The molecule has 0 N–H and O–H groups in total. The minimum atomic E-state index is -0.119. The summed E-state index contributed by atoms with van der Waals surface area (Å²) in [6, 6.07) is 0. The van der Waals surface area contributed by atoms with Crippen molar-refractivity contribution in [3.8, 4) is 0 Å².